The summed E-state index contributed by atoms with van der Waals surface area (Å²) in [6.07, 6.45) is 101. The number of hydrogen-bond donors (Lipinski definition) is 1. The van der Waals surface area contributed by atoms with Crippen molar-refractivity contribution in [2.75, 3.05) is 47.5 Å². The molecule has 0 aromatic heterocycles. The molecule has 516 valence electrons. The Morgan fingerprint density at radius 3 is 0.889 bits per heavy atom. The number of likely N-dealkylation sites (N-methyl/N-ethyl adjacent to an activating group) is 1. The zero-order valence-electron chi connectivity index (χ0n) is 58.8. The van der Waals surface area contributed by atoms with Crippen LogP contribution in [0.3, 0.4) is 0 Å². The molecule has 0 amide bonds. The summed E-state index contributed by atoms with van der Waals surface area (Å²) in [5.74, 6) is -0.793. The van der Waals surface area contributed by atoms with Gasteiger partial charge in [0.05, 0.1) is 27.7 Å². The molecule has 10 heteroatoms. The average molecular weight is 1270 g/mol. The molecular formula is C80H139NO8P+. The minimum absolute atomic E-state index is 0.0278. The van der Waals surface area contributed by atoms with E-state index in [4.69, 9.17) is 18.5 Å². The number of nitrogens with zero attached hydrogens (tertiary/aromatic N) is 1. The highest BCUT2D eigenvalue weighted by Crippen LogP contribution is 2.43. The Morgan fingerprint density at radius 2 is 0.600 bits per heavy atom. The first-order chi connectivity index (χ1) is 44.0. The highest BCUT2D eigenvalue weighted by atomic mass is 31.2. The lowest BCUT2D eigenvalue weighted by Gasteiger charge is -2.24. The quantitative estimate of drug-likeness (QED) is 0.0211. The van der Waals surface area contributed by atoms with E-state index in [2.05, 4.69) is 148 Å². The Labute approximate surface area is 555 Å². The van der Waals surface area contributed by atoms with Crippen LogP contribution in [-0.4, -0.2) is 74.9 Å². The molecule has 9 nitrogen and oxygen atoms in total. The van der Waals surface area contributed by atoms with Crippen LogP contribution < -0.4 is 0 Å². The van der Waals surface area contributed by atoms with Crippen molar-refractivity contribution in [2.45, 2.75) is 315 Å². The van der Waals surface area contributed by atoms with Crippen molar-refractivity contribution in [1.29, 1.82) is 0 Å². The normalized spacial score (nSPS) is 13.9. The smallest absolute Gasteiger partial charge is 0.462 e. The number of ether oxygens (including phenoxy) is 2. The third kappa shape index (κ3) is 73.2. The van der Waals surface area contributed by atoms with Gasteiger partial charge in [-0.3, -0.25) is 18.6 Å². The fourth-order valence-corrected chi connectivity index (χ4v) is 10.8. The zero-order chi connectivity index (χ0) is 65.5. The number of esters is 2. The van der Waals surface area contributed by atoms with Crippen LogP contribution >= 0.6 is 7.82 Å². The van der Waals surface area contributed by atoms with Gasteiger partial charge in [0.15, 0.2) is 6.10 Å². The summed E-state index contributed by atoms with van der Waals surface area (Å²) in [5, 5.41) is 0. The number of carbonyl (C=O) groups is 2. The molecule has 0 radical (unpaired) electrons. The largest absolute Gasteiger partial charge is 0.472 e. The van der Waals surface area contributed by atoms with Gasteiger partial charge in [-0.15, -0.1) is 0 Å². The molecule has 2 unspecified atom stereocenters. The summed E-state index contributed by atoms with van der Waals surface area (Å²) in [4.78, 5) is 35.9. The highest BCUT2D eigenvalue weighted by molar-refractivity contribution is 7.47. The van der Waals surface area contributed by atoms with Crippen LogP contribution in [0.2, 0.25) is 0 Å². The second kappa shape index (κ2) is 69.5. The molecule has 0 aromatic rings. The van der Waals surface area contributed by atoms with E-state index < -0.39 is 26.5 Å². The molecule has 90 heavy (non-hydrogen) atoms. The van der Waals surface area contributed by atoms with Crippen molar-refractivity contribution < 1.29 is 42.1 Å². The van der Waals surface area contributed by atoms with Crippen LogP contribution in [0.25, 0.3) is 0 Å². The molecule has 0 aliphatic heterocycles. The van der Waals surface area contributed by atoms with Crippen molar-refractivity contribution in [1.82, 2.24) is 0 Å². The van der Waals surface area contributed by atoms with E-state index in [0.29, 0.717) is 17.4 Å². The number of phosphoric acid groups is 1. The van der Waals surface area contributed by atoms with E-state index >= 15 is 0 Å². The Bertz CT molecular complexity index is 1980. The molecule has 0 fully saturated rings. The number of rotatable bonds is 67. The van der Waals surface area contributed by atoms with Crippen molar-refractivity contribution >= 4 is 19.8 Å². The van der Waals surface area contributed by atoms with E-state index in [1.807, 2.05) is 21.1 Å². The van der Waals surface area contributed by atoms with Crippen molar-refractivity contribution in [3.05, 3.63) is 134 Å². The van der Waals surface area contributed by atoms with Crippen LogP contribution in [0, 0.1) is 0 Å². The second-order valence-electron chi connectivity index (χ2n) is 25.6. The molecule has 0 heterocycles. The van der Waals surface area contributed by atoms with E-state index in [1.54, 1.807) is 0 Å². The number of phosphoric ester groups is 1. The summed E-state index contributed by atoms with van der Waals surface area (Å²) in [6.45, 7) is 4.23. The maximum Gasteiger partial charge on any atom is 0.472 e. The van der Waals surface area contributed by atoms with Crippen molar-refractivity contribution in [2.24, 2.45) is 0 Å². The minimum Gasteiger partial charge on any atom is -0.462 e. The summed E-state index contributed by atoms with van der Waals surface area (Å²) in [7, 11) is 1.47. The van der Waals surface area contributed by atoms with E-state index in [-0.39, 0.29) is 32.0 Å². The van der Waals surface area contributed by atoms with Gasteiger partial charge in [0.1, 0.15) is 19.8 Å². The lowest BCUT2D eigenvalue weighted by Crippen LogP contribution is -2.37. The molecule has 0 saturated carbocycles. The number of allylic oxidation sites excluding steroid dienone is 22. The van der Waals surface area contributed by atoms with Crippen LogP contribution in [-0.2, 0) is 32.7 Å². The van der Waals surface area contributed by atoms with Gasteiger partial charge in [0, 0.05) is 12.8 Å². The maximum atomic E-state index is 12.9. The van der Waals surface area contributed by atoms with Gasteiger partial charge >= 0.3 is 19.8 Å². The zero-order valence-corrected chi connectivity index (χ0v) is 59.7. The standard InChI is InChI=1S/C80H138NO8P/c1-6-8-10-12-14-16-18-20-22-24-26-28-30-32-34-36-38-40-42-44-46-48-50-52-54-56-58-60-62-64-66-68-70-72-79(82)86-76-78(77-88-90(84,85)87-75-74-81(3,4)5)89-80(83)73-71-69-67-65-63-61-59-57-55-53-51-49-47-45-43-41-39-37-35-33-31-29-27-25-23-21-19-17-15-13-11-9-7-2/h8-11,14-17,20-23,26-29,32-35,39,41,78H,6-7,12-13,18-19,24-25,30-31,36-38,40,42-77H2,1-5H3/p+1/b10-8-,11-9-,16-14-,17-15-,22-20-,23-21-,28-26-,29-27-,34-32-,35-33-,41-39-. The summed E-state index contributed by atoms with van der Waals surface area (Å²) in [6, 6.07) is 0. The first-order valence-electron chi connectivity index (χ1n) is 36.9. The first-order valence-corrected chi connectivity index (χ1v) is 38.4. The van der Waals surface area contributed by atoms with Crippen LogP contribution in [0.1, 0.15) is 309 Å². The molecular weight excluding hydrogens is 1130 g/mol. The SMILES string of the molecule is CC/C=C\C/C=C\C/C=C\C/C=C\C/C=C\C/C=C\CCCCCCCCCCCCCCCCC(=O)OC(COC(=O)CCCCCCCCCCCCCCCCCCC/C=C\C/C=C\C/C=C\C/C=C\C/C=C\CC)COP(=O)(O)OCC[N+](C)(C)C. The molecule has 0 saturated heterocycles. The predicted octanol–water partition coefficient (Wildman–Crippen LogP) is 24.4. The molecule has 0 spiro atoms. The molecule has 0 rings (SSSR count). The lowest BCUT2D eigenvalue weighted by molar-refractivity contribution is -0.870. The fourth-order valence-electron chi connectivity index (χ4n) is 10.1. The first kappa shape index (κ1) is 86.2. The fraction of sp³-hybridized carbons (Fsp3) is 0.700. The van der Waals surface area contributed by atoms with Gasteiger partial charge in [-0.1, -0.05) is 321 Å². The molecule has 0 aliphatic carbocycles. The molecule has 0 aromatic carbocycles. The molecule has 1 N–H and O–H groups in total. The topological polar surface area (TPSA) is 108 Å². The monoisotopic (exact) mass is 1270 g/mol. The average Bonchev–Trinajstić information content (AvgIpc) is 3.58. The van der Waals surface area contributed by atoms with Crippen molar-refractivity contribution in [3.8, 4) is 0 Å². The van der Waals surface area contributed by atoms with E-state index in [9.17, 15) is 19.0 Å². The van der Waals surface area contributed by atoms with Gasteiger partial charge in [0.2, 0.25) is 0 Å². The van der Waals surface area contributed by atoms with Gasteiger partial charge in [-0.25, -0.2) is 4.57 Å². The number of quaternary nitrogens is 1. The van der Waals surface area contributed by atoms with Gasteiger partial charge in [-0.2, -0.15) is 0 Å². The number of unbranched alkanes of at least 4 members (excludes halogenated alkanes) is 31. The Kier molecular flexibility index (Phi) is 66.5. The third-order valence-corrected chi connectivity index (χ3v) is 16.7. The third-order valence-electron chi connectivity index (χ3n) is 15.7. The van der Waals surface area contributed by atoms with Gasteiger partial charge in [0.25, 0.3) is 0 Å². The molecule has 2 atom stereocenters. The second-order valence-corrected chi connectivity index (χ2v) is 27.0. The molecule has 0 bridgehead atoms. The summed E-state index contributed by atoms with van der Waals surface area (Å²) >= 11 is 0. The predicted molar refractivity (Wildman–Crippen MR) is 390 cm³/mol. The van der Waals surface area contributed by atoms with Gasteiger partial charge < -0.3 is 18.9 Å². The summed E-state index contributed by atoms with van der Waals surface area (Å²) < 4.78 is 34.8. The maximum absolute atomic E-state index is 12.9. The Hall–Kier alpha value is -3.85. The van der Waals surface area contributed by atoms with E-state index in [0.717, 1.165) is 109 Å². The van der Waals surface area contributed by atoms with Crippen LogP contribution in [0.15, 0.2) is 134 Å². The lowest BCUT2D eigenvalue weighted by atomic mass is 10.0. The van der Waals surface area contributed by atoms with Crippen molar-refractivity contribution in [3.63, 3.8) is 0 Å². The number of hydrogen-bond acceptors (Lipinski definition) is 7. The van der Waals surface area contributed by atoms with Gasteiger partial charge in [-0.05, 0) is 109 Å². The van der Waals surface area contributed by atoms with E-state index in [1.165, 1.54) is 167 Å². The highest BCUT2D eigenvalue weighted by Gasteiger charge is 2.27. The Balaban J connectivity index is 4.03. The van der Waals surface area contributed by atoms with Crippen LogP contribution in [0.5, 0.6) is 0 Å². The Morgan fingerprint density at radius 1 is 0.344 bits per heavy atom. The van der Waals surface area contributed by atoms with Crippen LogP contribution in [0.4, 0.5) is 0 Å². The minimum atomic E-state index is -4.40. The number of carbonyl (C=O) groups excluding carboxylic acids is 2. The molecule has 0 aliphatic rings. The summed E-state index contributed by atoms with van der Waals surface area (Å²) in [5.41, 5.74) is 0.